The maximum absolute atomic E-state index is 11.8. The van der Waals surface area contributed by atoms with Crippen LogP contribution in [0.4, 0.5) is 0 Å². The minimum absolute atomic E-state index is 0.0873. The minimum atomic E-state index is -0.0873. The summed E-state index contributed by atoms with van der Waals surface area (Å²) in [5, 5.41) is 0.921. The standard InChI is InChI=1S/C12H10N2O2S/c1-6-13-10-9-7(16-2)4-3-5-8(9)17-11(10)12(15)14-6/h3-5H,1-2H3,(H,13,14,15). The van der Waals surface area contributed by atoms with Crippen molar-refractivity contribution in [3.63, 3.8) is 0 Å². The van der Waals surface area contributed by atoms with E-state index in [4.69, 9.17) is 4.74 Å². The van der Waals surface area contributed by atoms with Gasteiger partial charge in [-0.2, -0.15) is 0 Å². The fraction of sp³-hybridized carbons (Fsp3) is 0.167. The Hall–Kier alpha value is -1.88. The summed E-state index contributed by atoms with van der Waals surface area (Å²) in [5.74, 6) is 1.37. The highest BCUT2D eigenvalue weighted by molar-refractivity contribution is 7.25. The average Bonchev–Trinajstić information content (AvgIpc) is 2.68. The van der Waals surface area contributed by atoms with Crippen molar-refractivity contribution in [3.8, 4) is 5.75 Å². The number of rotatable bonds is 1. The summed E-state index contributed by atoms with van der Waals surface area (Å²) < 4.78 is 6.99. The first kappa shape index (κ1) is 10.3. The molecule has 86 valence electrons. The lowest BCUT2D eigenvalue weighted by molar-refractivity contribution is 0.420. The van der Waals surface area contributed by atoms with Crippen LogP contribution in [0.3, 0.4) is 0 Å². The van der Waals surface area contributed by atoms with E-state index in [1.807, 2.05) is 18.2 Å². The van der Waals surface area contributed by atoms with Crippen LogP contribution in [0, 0.1) is 6.92 Å². The van der Waals surface area contributed by atoms with Crippen molar-refractivity contribution in [2.75, 3.05) is 7.11 Å². The summed E-state index contributed by atoms with van der Waals surface area (Å²) in [4.78, 5) is 19.0. The highest BCUT2D eigenvalue weighted by Gasteiger charge is 2.13. The Bertz CT molecular complexity index is 773. The minimum Gasteiger partial charge on any atom is -0.496 e. The van der Waals surface area contributed by atoms with Crippen LogP contribution in [0.1, 0.15) is 5.82 Å². The zero-order chi connectivity index (χ0) is 12.0. The Morgan fingerprint density at radius 3 is 3.00 bits per heavy atom. The molecule has 0 saturated heterocycles. The number of aryl methyl sites for hydroxylation is 1. The smallest absolute Gasteiger partial charge is 0.268 e. The molecule has 0 saturated carbocycles. The fourth-order valence-electron chi connectivity index (χ4n) is 1.95. The SMILES string of the molecule is COc1cccc2sc3c(=O)[nH]c(C)nc3c12. The molecule has 4 nitrogen and oxygen atoms in total. The molecule has 0 aliphatic heterocycles. The number of methoxy groups -OCH3 is 1. The number of aromatic nitrogens is 2. The molecule has 0 amide bonds. The van der Waals surface area contributed by atoms with Gasteiger partial charge in [0, 0.05) is 4.70 Å². The molecule has 3 aromatic rings. The molecule has 0 aliphatic carbocycles. The summed E-state index contributed by atoms with van der Waals surface area (Å²) in [6.07, 6.45) is 0. The van der Waals surface area contributed by atoms with Crippen molar-refractivity contribution < 1.29 is 4.74 Å². The molecule has 17 heavy (non-hydrogen) atoms. The molecular weight excluding hydrogens is 236 g/mol. The molecule has 2 aromatic heterocycles. The number of fused-ring (bicyclic) bond motifs is 3. The van der Waals surface area contributed by atoms with Gasteiger partial charge < -0.3 is 9.72 Å². The van der Waals surface area contributed by atoms with E-state index < -0.39 is 0 Å². The van der Waals surface area contributed by atoms with Crippen molar-refractivity contribution in [2.24, 2.45) is 0 Å². The van der Waals surface area contributed by atoms with Crippen molar-refractivity contribution in [1.29, 1.82) is 0 Å². The molecule has 0 unspecified atom stereocenters. The summed E-state index contributed by atoms with van der Waals surface area (Å²) in [6, 6.07) is 5.77. The number of aromatic amines is 1. The zero-order valence-corrected chi connectivity index (χ0v) is 10.2. The lowest BCUT2D eigenvalue weighted by Crippen LogP contribution is -2.07. The number of ether oxygens (including phenoxy) is 1. The Balaban J connectivity index is 2.62. The summed E-state index contributed by atoms with van der Waals surface area (Å²) >= 11 is 1.44. The zero-order valence-electron chi connectivity index (χ0n) is 9.40. The van der Waals surface area contributed by atoms with E-state index in [-0.39, 0.29) is 5.56 Å². The van der Waals surface area contributed by atoms with Crippen LogP contribution in [0.15, 0.2) is 23.0 Å². The van der Waals surface area contributed by atoms with Gasteiger partial charge in [-0.25, -0.2) is 4.98 Å². The summed E-state index contributed by atoms with van der Waals surface area (Å²) in [6.45, 7) is 1.78. The van der Waals surface area contributed by atoms with E-state index in [0.717, 1.165) is 21.4 Å². The van der Waals surface area contributed by atoms with Crippen molar-refractivity contribution in [2.45, 2.75) is 6.92 Å². The first-order chi connectivity index (χ1) is 8.20. The number of nitrogens with zero attached hydrogens (tertiary/aromatic N) is 1. The monoisotopic (exact) mass is 246 g/mol. The topological polar surface area (TPSA) is 55.0 Å². The first-order valence-corrected chi connectivity index (χ1v) is 5.98. The molecule has 5 heteroatoms. The number of hydrogen-bond donors (Lipinski definition) is 1. The number of nitrogens with one attached hydrogen (secondary N) is 1. The second-order valence-electron chi connectivity index (χ2n) is 3.76. The van der Waals surface area contributed by atoms with Crippen LogP contribution in [0.5, 0.6) is 5.75 Å². The Morgan fingerprint density at radius 2 is 2.24 bits per heavy atom. The molecular formula is C12H10N2O2S. The second kappa shape index (κ2) is 3.56. The molecule has 0 radical (unpaired) electrons. The quantitative estimate of drug-likeness (QED) is 0.717. The van der Waals surface area contributed by atoms with Crippen molar-refractivity contribution >= 4 is 31.6 Å². The molecule has 0 fully saturated rings. The van der Waals surface area contributed by atoms with Gasteiger partial charge in [-0.1, -0.05) is 6.07 Å². The molecule has 1 aromatic carbocycles. The van der Waals surface area contributed by atoms with E-state index in [9.17, 15) is 4.79 Å². The first-order valence-electron chi connectivity index (χ1n) is 5.17. The number of H-pyrrole nitrogens is 1. The van der Waals surface area contributed by atoms with Gasteiger partial charge in [0.1, 0.15) is 21.8 Å². The predicted molar refractivity (Wildman–Crippen MR) is 69.0 cm³/mol. The molecule has 0 bridgehead atoms. The number of benzene rings is 1. The predicted octanol–water partition coefficient (Wildman–Crippen LogP) is 2.45. The Morgan fingerprint density at radius 1 is 1.41 bits per heavy atom. The maximum Gasteiger partial charge on any atom is 0.268 e. The highest BCUT2D eigenvalue weighted by atomic mass is 32.1. The van der Waals surface area contributed by atoms with E-state index in [2.05, 4.69) is 9.97 Å². The summed E-state index contributed by atoms with van der Waals surface area (Å²) in [5.41, 5.74) is 0.638. The second-order valence-corrected chi connectivity index (χ2v) is 4.82. The highest BCUT2D eigenvalue weighted by Crippen LogP contribution is 2.36. The number of thiophene rings is 1. The van der Waals surface area contributed by atoms with Gasteiger partial charge in [0.2, 0.25) is 0 Å². The lowest BCUT2D eigenvalue weighted by Gasteiger charge is -2.01. The average molecular weight is 246 g/mol. The van der Waals surface area contributed by atoms with Gasteiger partial charge in [-0.15, -0.1) is 11.3 Å². The normalized spacial score (nSPS) is 11.2. The van der Waals surface area contributed by atoms with Crippen LogP contribution in [-0.4, -0.2) is 17.1 Å². The summed E-state index contributed by atoms with van der Waals surface area (Å²) in [7, 11) is 1.62. The maximum atomic E-state index is 11.8. The van der Waals surface area contributed by atoms with Gasteiger partial charge in [-0.05, 0) is 19.1 Å². The Kier molecular flexibility index (Phi) is 2.16. The molecule has 0 spiro atoms. The molecule has 3 rings (SSSR count). The fourth-order valence-corrected chi connectivity index (χ4v) is 3.00. The third kappa shape index (κ3) is 1.43. The van der Waals surface area contributed by atoms with E-state index in [0.29, 0.717) is 10.5 Å². The van der Waals surface area contributed by atoms with Crippen molar-refractivity contribution in [1.82, 2.24) is 9.97 Å². The van der Waals surface area contributed by atoms with E-state index in [1.54, 1.807) is 14.0 Å². The van der Waals surface area contributed by atoms with Gasteiger partial charge in [0.05, 0.1) is 12.5 Å². The molecule has 0 atom stereocenters. The van der Waals surface area contributed by atoms with E-state index >= 15 is 0 Å². The van der Waals surface area contributed by atoms with Gasteiger partial charge in [0.15, 0.2) is 0 Å². The molecule has 1 N–H and O–H groups in total. The van der Waals surface area contributed by atoms with Crippen LogP contribution in [-0.2, 0) is 0 Å². The third-order valence-corrected chi connectivity index (χ3v) is 3.79. The lowest BCUT2D eigenvalue weighted by atomic mass is 10.2. The van der Waals surface area contributed by atoms with Crippen LogP contribution in [0.25, 0.3) is 20.3 Å². The van der Waals surface area contributed by atoms with Crippen LogP contribution in [0.2, 0.25) is 0 Å². The molecule has 2 heterocycles. The van der Waals surface area contributed by atoms with Crippen molar-refractivity contribution in [3.05, 3.63) is 34.4 Å². The van der Waals surface area contributed by atoms with Gasteiger partial charge in [0.25, 0.3) is 5.56 Å². The largest absolute Gasteiger partial charge is 0.496 e. The van der Waals surface area contributed by atoms with Gasteiger partial charge in [-0.3, -0.25) is 4.79 Å². The van der Waals surface area contributed by atoms with E-state index in [1.165, 1.54) is 11.3 Å². The van der Waals surface area contributed by atoms with Crippen LogP contribution >= 0.6 is 11.3 Å². The molecule has 0 aliphatic rings. The van der Waals surface area contributed by atoms with Crippen LogP contribution < -0.4 is 10.3 Å². The third-order valence-electron chi connectivity index (χ3n) is 2.65. The Labute approximate surface area is 101 Å². The van der Waals surface area contributed by atoms with Gasteiger partial charge >= 0.3 is 0 Å². The number of hydrogen-bond acceptors (Lipinski definition) is 4.